The molecule has 0 aromatic carbocycles. The van der Waals surface area contributed by atoms with E-state index in [2.05, 4.69) is 29.8 Å². The Balaban J connectivity index is 2.14. The standard InChI is InChI=1S/C11H18N2/c1-9-8-13(12-10(9)2)11-6-4-3-5-7-11/h8,11H,3-7H2,1-2H3. The number of nitrogens with zero attached hydrogens (tertiary/aromatic N) is 2. The van der Waals surface area contributed by atoms with Crippen LogP contribution in [-0.4, -0.2) is 9.78 Å². The normalized spacial score (nSPS) is 19.2. The summed E-state index contributed by atoms with van der Waals surface area (Å²) in [5.41, 5.74) is 2.51. The van der Waals surface area contributed by atoms with E-state index in [0.29, 0.717) is 6.04 Å². The van der Waals surface area contributed by atoms with Gasteiger partial charge in [-0.3, -0.25) is 4.68 Å². The fraction of sp³-hybridized carbons (Fsp3) is 0.727. The van der Waals surface area contributed by atoms with Crippen molar-refractivity contribution in [1.29, 1.82) is 0 Å². The fourth-order valence-electron chi connectivity index (χ4n) is 2.11. The molecule has 0 spiro atoms. The van der Waals surface area contributed by atoms with E-state index < -0.39 is 0 Å². The molecule has 0 bridgehead atoms. The van der Waals surface area contributed by atoms with E-state index in [-0.39, 0.29) is 0 Å². The molecule has 2 nitrogen and oxygen atoms in total. The van der Waals surface area contributed by atoms with Gasteiger partial charge in [-0.2, -0.15) is 5.10 Å². The Morgan fingerprint density at radius 1 is 1.23 bits per heavy atom. The van der Waals surface area contributed by atoms with Crippen LogP contribution in [0, 0.1) is 13.8 Å². The number of hydrogen-bond donors (Lipinski definition) is 0. The summed E-state index contributed by atoms with van der Waals surface area (Å²) < 4.78 is 2.18. The molecule has 1 aliphatic carbocycles. The molecule has 0 radical (unpaired) electrons. The second-order valence-corrected chi connectivity index (χ2v) is 4.17. The van der Waals surface area contributed by atoms with Crippen LogP contribution in [0.1, 0.15) is 49.4 Å². The van der Waals surface area contributed by atoms with Crippen LogP contribution in [0.5, 0.6) is 0 Å². The molecule has 0 atom stereocenters. The van der Waals surface area contributed by atoms with Gasteiger partial charge < -0.3 is 0 Å². The molecule has 0 amide bonds. The molecule has 0 aliphatic heterocycles. The summed E-state index contributed by atoms with van der Waals surface area (Å²) in [6.45, 7) is 4.23. The summed E-state index contributed by atoms with van der Waals surface area (Å²) in [5.74, 6) is 0. The lowest BCUT2D eigenvalue weighted by molar-refractivity contribution is 0.328. The van der Waals surface area contributed by atoms with Gasteiger partial charge in [-0.1, -0.05) is 19.3 Å². The van der Waals surface area contributed by atoms with Crippen molar-refractivity contribution < 1.29 is 0 Å². The highest BCUT2D eigenvalue weighted by Crippen LogP contribution is 2.27. The Morgan fingerprint density at radius 3 is 2.46 bits per heavy atom. The van der Waals surface area contributed by atoms with E-state index >= 15 is 0 Å². The van der Waals surface area contributed by atoms with E-state index in [1.165, 1.54) is 43.4 Å². The smallest absolute Gasteiger partial charge is 0.0622 e. The van der Waals surface area contributed by atoms with E-state index in [0.717, 1.165) is 0 Å². The van der Waals surface area contributed by atoms with Crippen LogP contribution in [-0.2, 0) is 0 Å². The van der Waals surface area contributed by atoms with E-state index in [9.17, 15) is 0 Å². The number of aryl methyl sites for hydroxylation is 2. The van der Waals surface area contributed by atoms with Crippen LogP contribution in [0.2, 0.25) is 0 Å². The molecule has 13 heavy (non-hydrogen) atoms. The van der Waals surface area contributed by atoms with Gasteiger partial charge in [-0.15, -0.1) is 0 Å². The second kappa shape index (κ2) is 3.52. The van der Waals surface area contributed by atoms with E-state index in [1.54, 1.807) is 0 Å². The van der Waals surface area contributed by atoms with Gasteiger partial charge in [0.25, 0.3) is 0 Å². The maximum atomic E-state index is 4.55. The highest BCUT2D eigenvalue weighted by atomic mass is 15.3. The summed E-state index contributed by atoms with van der Waals surface area (Å²) in [5, 5.41) is 4.55. The summed E-state index contributed by atoms with van der Waals surface area (Å²) in [6.07, 6.45) is 9.01. The number of rotatable bonds is 1. The molecule has 1 aromatic heterocycles. The van der Waals surface area contributed by atoms with E-state index in [4.69, 9.17) is 0 Å². The van der Waals surface area contributed by atoms with Gasteiger partial charge >= 0.3 is 0 Å². The summed E-state index contributed by atoms with van der Waals surface area (Å²) in [6, 6.07) is 0.682. The predicted molar refractivity (Wildman–Crippen MR) is 53.8 cm³/mol. The lowest BCUT2D eigenvalue weighted by Crippen LogP contribution is -2.13. The maximum Gasteiger partial charge on any atom is 0.0622 e. The molecule has 2 rings (SSSR count). The monoisotopic (exact) mass is 178 g/mol. The minimum absolute atomic E-state index is 0.682. The Morgan fingerprint density at radius 2 is 1.92 bits per heavy atom. The molecule has 2 heteroatoms. The molecule has 1 fully saturated rings. The van der Waals surface area contributed by atoms with Crippen molar-refractivity contribution in [1.82, 2.24) is 9.78 Å². The van der Waals surface area contributed by atoms with Gasteiger partial charge in [0.05, 0.1) is 11.7 Å². The van der Waals surface area contributed by atoms with Gasteiger partial charge in [0.1, 0.15) is 0 Å². The Kier molecular flexibility index (Phi) is 2.38. The molecule has 1 aromatic rings. The molecule has 1 aliphatic rings. The lowest BCUT2D eigenvalue weighted by Gasteiger charge is -2.21. The fourth-order valence-corrected chi connectivity index (χ4v) is 2.11. The molecule has 1 heterocycles. The summed E-state index contributed by atoms with van der Waals surface area (Å²) >= 11 is 0. The number of hydrogen-bond acceptors (Lipinski definition) is 1. The lowest BCUT2D eigenvalue weighted by atomic mass is 9.96. The first-order chi connectivity index (χ1) is 6.27. The van der Waals surface area contributed by atoms with Crippen LogP contribution in [0.4, 0.5) is 0 Å². The topological polar surface area (TPSA) is 17.8 Å². The third-order valence-corrected chi connectivity index (χ3v) is 3.11. The van der Waals surface area contributed by atoms with Crippen molar-refractivity contribution in [2.75, 3.05) is 0 Å². The van der Waals surface area contributed by atoms with E-state index in [1.807, 2.05) is 0 Å². The summed E-state index contributed by atoms with van der Waals surface area (Å²) in [7, 11) is 0. The molecule has 1 saturated carbocycles. The van der Waals surface area contributed by atoms with Crippen molar-refractivity contribution in [3.05, 3.63) is 17.5 Å². The highest BCUT2D eigenvalue weighted by molar-refractivity contribution is 5.12. The first-order valence-electron chi connectivity index (χ1n) is 5.30. The Labute approximate surface area is 80.0 Å². The third-order valence-electron chi connectivity index (χ3n) is 3.11. The zero-order valence-electron chi connectivity index (χ0n) is 8.58. The molecule has 72 valence electrons. The third kappa shape index (κ3) is 1.77. The number of aromatic nitrogens is 2. The maximum absolute atomic E-state index is 4.55. The largest absolute Gasteiger partial charge is 0.269 e. The quantitative estimate of drug-likeness (QED) is 0.646. The predicted octanol–water partition coefficient (Wildman–Crippen LogP) is 3.01. The molecule has 0 N–H and O–H groups in total. The van der Waals surface area contributed by atoms with Crippen molar-refractivity contribution in [2.24, 2.45) is 0 Å². The van der Waals surface area contributed by atoms with Gasteiger partial charge in [-0.25, -0.2) is 0 Å². The van der Waals surface area contributed by atoms with Crippen LogP contribution in [0.15, 0.2) is 6.20 Å². The average molecular weight is 178 g/mol. The second-order valence-electron chi connectivity index (χ2n) is 4.17. The van der Waals surface area contributed by atoms with Gasteiger partial charge in [0, 0.05) is 6.20 Å². The highest BCUT2D eigenvalue weighted by Gasteiger charge is 2.16. The molecule has 0 unspecified atom stereocenters. The molecular weight excluding hydrogens is 160 g/mol. The molecular formula is C11H18N2. The Hall–Kier alpha value is -0.790. The van der Waals surface area contributed by atoms with Crippen molar-refractivity contribution in [3.63, 3.8) is 0 Å². The first-order valence-corrected chi connectivity index (χ1v) is 5.30. The minimum Gasteiger partial charge on any atom is -0.269 e. The zero-order chi connectivity index (χ0) is 9.26. The Bertz CT molecular complexity index is 263. The average Bonchev–Trinajstić information content (AvgIpc) is 2.49. The minimum atomic E-state index is 0.682. The zero-order valence-corrected chi connectivity index (χ0v) is 8.58. The van der Waals surface area contributed by atoms with Crippen molar-refractivity contribution >= 4 is 0 Å². The van der Waals surface area contributed by atoms with Crippen molar-refractivity contribution in [2.45, 2.75) is 52.0 Å². The van der Waals surface area contributed by atoms with Crippen LogP contribution < -0.4 is 0 Å². The molecule has 0 saturated heterocycles. The first kappa shape index (κ1) is 8.79. The van der Waals surface area contributed by atoms with Crippen LogP contribution in [0.25, 0.3) is 0 Å². The van der Waals surface area contributed by atoms with Crippen molar-refractivity contribution in [3.8, 4) is 0 Å². The SMILES string of the molecule is Cc1cn(C2CCCCC2)nc1C. The van der Waals surface area contributed by atoms with Crippen LogP contribution in [0.3, 0.4) is 0 Å². The van der Waals surface area contributed by atoms with Gasteiger partial charge in [0.2, 0.25) is 0 Å². The summed E-state index contributed by atoms with van der Waals surface area (Å²) in [4.78, 5) is 0. The van der Waals surface area contributed by atoms with Gasteiger partial charge in [0.15, 0.2) is 0 Å². The van der Waals surface area contributed by atoms with Gasteiger partial charge in [-0.05, 0) is 32.3 Å². The van der Waals surface area contributed by atoms with Crippen LogP contribution >= 0.6 is 0 Å².